The molecule has 108 valence electrons. The van der Waals surface area contributed by atoms with Crippen LogP contribution in [0.25, 0.3) is 11.5 Å². The Morgan fingerprint density at radius 2 is 1.95 bits per heavy atom. The van der Waals surface area contributed by atoms with Gasteiger partial charge in [0.15, 0.2) is 0 Å². The summed E-state index contributed by atoms with van der Waals surface area (Å²) in [5, 5.41) is 16.2. The normalized spacial score (nSPS) is 12.5. The van der Waals surface area contributed by atoms with E-state index >= 15 is 0 Å². The largest absolute Gasteiger partial charge is 0.419 e. The number of halogens is 1. The van der Waals surface area contributed by atoms with Gasteiger partial charge in [0.25, 0.3) is 0 Å². The average molecular weight is 348 g/mol. The van der Waals surface area contributed by atoms with E-state index in [4.69, 9.17) is 4.42 Å². The summed E-state index contributed by atoms with van der Waals surface area (Å²) in [6, 6.07) is 7.96. The molecule has 0 aliphatic rings. The van der Waals surface area contributed by atoms with Gasteiger partial charge in [0.2, 0.25) is 11.8 Å². The van der Waals surface area contributed by atoms with E-state index < -0.39 is 0 Å². The number of hydrogen-bond donors (Lipinski definition) is 0. The first-order valence-corrected chi connectivity index (χ1v) is 7.47. The second-order valence-corrected chi connectivity index (χ2v) is 6.20. The van der Waals surface area contributed by atoms with Crippen molar-refractivity contribution in [3.05, 3.63) is 47.6 Å². The van der Waals surface area contributed by atoms with Gasteiger partial charge in [-0.3, -0.25) is 0 Å². The third kappa shape index (κ3) is 3.18. The monoisotopic (exact) mass is 347 g/mol. The van der Waals surface area contributed by atoms with Gasteiger partial charge in [-0.2, -0.15) is 0 Å². The molecule has 0 spiro atoms. The third-order valence-electron chi connectivity index (χ3n) is 3.03. The number of nitrogens with zero attached hydrogens (tertiary/aromatic N) is 5. The number of benzene rings is 1. The minimum atomic E-state index is 0.164. The van der Waals surface area contributed by atoms with Crippen LogP contribution in [0, 0.1) is 6.92 Å². The van der Waals surface area contributed by atoms with Crippen molar-refractivity contribution in [2.75, 3.05) is 0 Å². The van der Waals surface area contributed by atoms with Gasteiger partial charge >= 0.3 is 0 Å². The van der Waals surface area contributed by atoms with Crippen LogP contribution < -0.4 is 0 Å². The lowest BCUT2D eigenvalue weighted by atomic mass is 10.1. The lowest BCUT2D eigenvalue weighted by Crippen LogP contribution is -2.00. The summed E-state index contributed by atoms with van der Waals surface area (Å²) in [5.74, 6) is 1.02. The minimum absolute atomic E-state index is 0.164. The predicted molar refractivity (Wildman–Crippen MR) is 80.9 cm³/mol. The number of aryl methyl sites for hydroxylation is 1. The van der Waals surface area contributed by atoms with E-state index in [0.717, 1.165) is 11.3 Å². The Hall–Kier alpha value is -2.02. The molecule has 3 aromatic rings. The fourth-order valence-corrected chi connectivity index (χ4v) is 2.05. The second kappa shape index (κ2) is 5.77. The first-order valence-electron chi connectivity index (χ1n) is 6.55. The molecule has 0 amide bonds. The molecule has 1 unspecified atom stereocenters. The van der Waals surface area contributed by atoms with Crippen LogP contribution in [0.5, 0.6) is 0 Å². The highest BCUT2D eigenvalue weighted by molar-refractivity contribution is 9.09. The molecule has 6 nitrogen and oxygen atoms in total. The van der Waals surface area contributed by atoms with Crippen LogP contribution in [0.2, 0.25) is 0 Å². The van der Waals surface area contributed by atoms with Crippen molar-refractivity contribution in [1.29, 1.82) is 0 Å². The maximum Gasteiger partial charge on any atom is 0.247 e. The van der Waals surface area contributed by atoms with Crippen molar-refractivity contribution in [1.82, 2.24) is 25.2 Å². The Morgan fingerprint density at radius 3 is 2.62 bits per heavy atom. The molecular formula is C14H14BrN5O. The van der Waals surface area contributed by atoms with Crippen LogP contribution in [0.4, 0.5) is 0 Å². The SMILES string of the molecule is Cc1ccc(-c2nnc(Cn3cc(C(C)Br)nn3)o2)cc1. The summed E-state index contributed by atoms with van der Waals surface area (Å²) >= 11 is 3.45. The Morgan fingerprint density at radius 1 is 1.19 bits per heavy atom. The molecule has 0 bridgehead atoms. The minimum Gasteiger partial charge on any atom is -0.419 e. The first-order chi connectivity index (χ1) is 10.1. The summed E-state index contributed by atoms with van der Waals surface area (Å²) in [7, 11) is 0. The molecule has 0 aliphatic heterocycles. The molecule has 0 saturated carbocycles. The molecule has 1 aromatic carbocycles. The molecule has 1 atom stereocenters. The molecule has 3 rings (SSSR count). The maximum absolute atomic E-state index is 5.66. The Balaban J connectivity index is 1.76. The van der Waals surface area contributed by atoms with Crippen LogP contribution in [0.1, 0.15) is 28.9 Å². The highest BCUT2D eigenvalue weighted by atomic mass is 79.9. The quantitative estimate of drug-likeness (QED) is 0.678. The zero-order chi connectivity index (χ0) is 14.8. The summed E-state index contributed by atoms with van der Waals surface area (Å²) in [6.07, 6.45) is 1.86. The molecule has 0 radical (unpaired) electrons. The van der Waals surface area contributed by atoms with Crippen LogP contribution in [-0.2, 0) is 6.54 Å². The van der Waals surface area contributed by atoms with Crippen LogP contribution in [-0.4, -0.2) is 25.2 Å². The third-order valence-corrected chi connectivity index (χ3v) is 3.50. The molecular weight excluding hydrogens is 334 g/mol. The van der Waals surface area contributed by atoms with E-state index in [0.29, 0.717) is 18.3 Å². The zero-order valence-corrected chi connectivity index (χ0v) is 13.3. The van der Waals surface area contributed by atoms with Crippen LogP contribution in [0.15, 0.2) is 34.9 Å². The molecule has 0 saturated heterocycles. The molecule has 0 aliphatic carbocycles. The van der Waals surface area contributed by atoms with Crippen LogP contribution in [0.3, 0.4) is 0 Å². The van der Waals surface area contributed by atoms with Crippen molar-refractivity contribution in [3.63, 3.8) is 0 Å². The van der Waals surface area contributed by atoms with Gasteiger partial charge in [0, 0.05) is 5.56 Å². The predicted octanol–water partition coefficient (Wildman–Crippen LogP) is 3.14. The summed E-state index contributed by atoms with van der Waals surface area (Å²) in [6.45, 7) is 4.44. The van der Waals surface area contributed by atoms with Gasteiger partial charge in [-0.15, -0.1) is 15.3 Å². The highest BCUT2D eigenvalue weighted by Gasteiger charge is 2.11. The number of alkyl halides is 1. The summed E-state index contributed by atoms with van der Waals surface area (Å²) in [5.41, 5.74) is 2.97. The van der Waals surface area contributed by atoms with Crippen molar-refractivity contribution < 1.29 is 4.42 Å². The number of hydrogen-bond acceptors (Lipinski definition) is 5. The molecule has 2 aromatic heterocycles. The zero-order valence-electron chi connectivity index (χ0n) is 11.7. The van der Waals surface area contributed by atoms with Crippen molar-refractivity contribution in [2.45, 2.75) is 25.2 Å². The molecule has 21 heavy (non-hydrogen) atoms. The molecule has 2 heterocycles. The van der Waals surface area contributed by atoms with Crippen LogP contribution >= 0.6 is 15.9 Å². The van der Waals surface area contributed by atoms with Gasteiger partial charge in [-0.1, -0.05) is 38.8 Å². The van der Waals surface area contributed by atoms with Crippen molar-refractivity contribution >= 4 is 15.9 Å². The number of aromatic nitrogens is 5. The van der Waals surface area contributed by atoms with E-state index in [-0.39, 0.29) is 4.83 Å². The maximum atomic E-state index is 5.66. The standard InChI is InChI=1S/C14H14BrN5O/c1-9-3-5-11(6-4-9)14-18-17-13(21-14)8-20-7-12(10(2)15)16-19-20/h3-7,10H,8H2,1-2H3. The van der Waals surface area contributed by atoms with Crippen molar-refractivity contribution in [2.24, 2.45) is 0 Å². The van der Waals surface area contributed by atoms with E-state index in [1.54, 1.807) is 4.68 Å². The Labute approximate surface area is 130 Å². The van der Waals surface area contributed by atoms with Gasteiger partial charge in [0.05, 0.1) is 16.7 Å². The fraction of sp³-hybridized carbons (Fsp3) is 0.286. The van der Waals surface area contributed by atoms with E-state index in [9.17, 15) is 0 Å². The second-order valence-electron chi connectivity index (χ2n) is 4.82. The number of rotatable bonds is 4. The molecule has 0 N–H and O–H groups in total. The highest BCUT2D eigenvalue weighted by Crippen LogP contribution is 2.20. The Kier molecular flexibility index (Phi) is 3.83. The van der Waals surface area contributed by atoms with E-state index in [1.165, 1.54) is 5.56 Å². The Bertz CT molecular complexity index is 732. The van der Waals surface area contributed by atoms with Gasteiger partial charge in [0.1, 0.15) is 6.54 Å². The van der Waals surface area contributed by atoms with Gasteiger partial charge in [-0.05, 0) is 26.0 Å². The average Bonchev–Trinajstić information content (AvgIpc) is 3.10. The van der Waals surface area contributed by atoms with Gasteiger partial charge in [-0.25, -0.2) is 4.68 Å². The van der Waals surface area contributed by atoms with E-state index in [2.05, 4.69) is 36.4 Å². The summed E-state index contributed by atoms with van der Waals surface area (Å²) in [4.78, 5) is 0.164. The van der Waals surface area contributed by atoms with Crippen molar-refractivity contribution in [3.8, 4) is 11.5 Å². The van der Waals surface area contributed by atoms with E-state index in [1.807, 2.05) is 44.3 Å². The smallest absolute Gasteiger partial charge is 0.247 e. The first kappa shape index (κ1) is 13.9. The lowest BCUT2D eigenvalue weighted by molar-refractivity contribution is 0.469. The molecule has 7 heteroatoms. The van der Waals surface area contributed by atoms with Gasteiger partial charge < -0.3 is 4.42 Å². The summed E-state index contributed by atoms with van der Waals surface area (Å²) < 4.78 is 7.34. The fourth-order valence-electron chi connectivity index (χ4n) is 1.84. The molecule has 0 fully saturated rings. The lowest BCUT2D eigenvalue weighted by Gasteiger charge is -1.96. The topological polar surface area (TPSA) is 69.6 Å².